The van der Waals surface area contributed by atoms with Gasteiger partial charge in [0, 0.05) is 12.6 Å². The van der Waals surface area contributed by atoms with Gasteiger partial charge in [0.25, 0.3) is 5.91 Å². The van der Waals surface area contributed by atoms with Crippen molar-refractivity contribution in [2.45, 2.75) is 12.8 Å². The number of carbonyl (C=O) groups is 4. The van der Waals surface area contributed by atoms with Crippen LogP contribution in [-0.2, 0) is 14.4 Å². The van der Waals surface area contributed by atoms with Crippen LogP contribution in [0.15, 0.2) is 40.4 Å². The molecule has 0 aliphatic carbocycles. The summed E-state index contributed by atoms with van der Waals surface area (Å²) in [7, 11) is 0. The molecular formula is C18H14N4O6S2. The summed E-state index contributed by atoms with van der Waals surface area (Å²) in [5.41, 5.74) is 0.631. The van der Waals surface area contributed by atoms with Gasteiger partial charge in [-0.3, -0.25) is 14.4 Å². The first-order valence-electron chi connectivity index (χ1n) is 8.40. The SMILES string of the molecule is O=C(O)CCC(=O)Nc1ncc(/C=C2\S/C(=N\c3ccc(C(=O)O)cc3)NC2=O)s1. The molecule has 4 N–H and O–H groups in total. The Morgan fingerprint density at radius 2 is 1.90 bits per heavy atom. The molecule has 0 radical (unpaired) electrons. The van der Waals surface area contributed by atoms with Crippen LogP contribution in [-0.4, -0.2) is 44.1 Å². The van der Waals surface area contributed by atoms with Crippen molar-refractivity contribution in [2.75, 3.05) is 5.32 Å². The van der Waals surface area contributed by atoms with E-state index >= 15 is 0 Å². The number of nitrogens with one attached hydrogen (secondary N) is 2. The summed E-state index contributed by atoms with van der Waals surface area (Å²) >= 11 is 2.25. The van der Waals surface area contributed by atoms with Crippen LogP contribution in [0.5, 0.6) is 0 Å². The van der Waals surface area contributed by atoms with Gasteiger partial charge in [0.1, 0.15) is 0 Å². The highest BCUT2D eigenvalue weighted by Crippen LogP contribution is 2.30. The maximum Gasteiger partial charge on any atom is 0.335 e. The van der Waals surface area contributed by atoms with Gasteiger partial charge in [0.05, 0.1) is 27.5 Å². The smallest absolute Gasteiger partial charge is 0.335 e. The van der Waals surface area contributed by atoms with Crippen LogP contribution in [0.1, 0.15) is 28.1 Å². The lowest BCUT2D eigenvalue weighted by molar-refractivity contribution is -0.138. The van der Waals surface area contributed by atoms with Gasteiger partial charge in [0.15, 0.2) is 10.3 Å². The number of nitrogens with zero attached hydrogens (tertiary/aromatic N) is 2. The number of benzene rings is 1. The minimum Gasteiger partial charge on any atom is -0.481 e. The Balaban J connectivity index is 1.65. The maximum atomic E-state index is 12.2. The normalized spacial score (nSPS) is 15.9. The number of thioether (sulfide) groups is 1. The number of hydrogen-bond donors (Lipinski definition) is 4. The largest absolute Gasteiger partial charge is 0.481 e. The Bertz CT molecular complexity index is 1070. The summed E-state index contributed by atoms with van der Waals surface area (Å²) in [6.45, 7) is 0. The van der Waals surface area contributed by atoms with Crippen molar-refractivity contribution in [1.82, 2.24) is 10.3 Å². The van der Waals surface area contributed by atoms with E-state index in [2.05, 4.69) is 20.6 Å². The van der Waals surface area contributed by atoms with Crippen LogP contribution in [0.2, 0.25) is 0 Å². The lowest BCUT2D eigenvalue weighted by atomic mass is 10.2. The molecule has 1 fully saturated rings. The summed E-state index contributed by atoms with van der Waals surface area (Å²) in [6.07, 6.45) is 2.65. The first-order chi connectivity index (χ1) is 14.3. The molecule has 2 aromatic rings. The van der Waals surface area contributed by atoms with Crippen LogP contribution >= 0.6 is 23.1 Å². The number of carbonyl (C=O) groups excluding carboxylic acids is 2. The van der Waals surface area contributed by atoms with Crippen LogP contribution in [0, 0.1) is 0 Å². The number of hydrogen-bond acceptors (Lipinski definition) is 8. The highest BCUT2D eigenvalue weighted by Gasteiger charge is 2.24. The fourth-order valence-corrected chi connectivity index (χ4v) is 3.90. The van der Waals surface area contributed by atoms with Crippen LogP contribution in [0.25, 0.3) is 6.08 Å². The van der Waals surface area contributed by atoms with Crippen molar-refractivity contribution in [1.29, 1.82) is 0 Å². The molecule has 0 unspecified atom stereocenters. The quantitative estimate of drug-likeness (QED) is 0.472. The summed E-state index contributed by atoms with van der Waals surface area (Å²) < 4.78 is 0. The molecule has 1 aliphatic heterocycles. The van der Waals surface area contributed by atoms with Gasteiger partial charge in [-0.05, 0) is 42.1 Å². The van der Waals surface area contributed by atoms with Crippen molar-refractivity contribution < 1.29 is 29.4 Å². The molecule has 2 heterocycles. The van der Waals surface area contributed by atoms with Gasteiger partial charge in [-0.15, -0.1) is 0 Å². The number of thiazole rings is 1. The third kappa shape index (κ3) is 5.75. The number of amides is 2. The molecule has 0 spiro atoms. The van der Waals surface area contributed by atoms with E-state index in [-0.39, 0.29) is 24.3 Å². The summed E-state index contributed by atoms with van der Waals surface area (Å²) in [5, 5.41) is 23.3. The Hall–Kier alpha value is -3.51. The molecule has 0 bridgehead atoms. The van der Waals surface area contributed by atoms with Crippen molar-refractivity contribution in [3.63, 3.8) is 0 Å². The maximum absolute atomic E-state index is 12.2. The molecule has 3 rings (SSSR count). The number of rotatable bonds is 7. The first kappa shape index (κ1) is 21.2. The van der Waals surface area contributed by atoms with Gasteiger partial charge in [0.2, 0.25) is 5.91 Å². The van der Waals surface area contributed by atoms with E-state index in [9.17, 15) is 19.2 Å². The third-order valence-corrected chi connectivity index (χ3v) is 5.37. The molecule has 154 valence electrons. The zero-order chi connectivity index (χ0) is 21.7. The van der Waals surface area contributed by atoms with E-state index in [0.29, 0.717) is 25.8 Å². The second kappa shape index (κ2) is 9.33. The molecule has 12 heteroatoms. The standard InChI is InChI=1S/C18H14N4O6S2/c23-13(5-6-14(24)25)21-17-19-8-11(29-17)7-12-15(26)22-18(30-12)20-10-3-1-9(2-4-10)16(27)28/h1-4,7-8H,5-6H2,(H,24,25)(H,27,28)(H,19,21,23)(H,20,22,26)/b12-7-. The highest BCUT2D eigenvalue weighted by molar-refractivity contribution is 8.18. The average Bonchev–Trinajstić information content (AvgIpc) is 3.27. The van der Waals surface area contributed by atoms with Gasteiger partial charge >= 0.3 is 11.9 Å². The van der Waals surface area contributed by atoms with E-state index < -0.39 is 17.8 Å². The Labute approximate surface area is 177 Å². The van der Waals surface area contributed by atoms with Gasteiger partial charge < -0.3 is 20.8 Å². The number of aromatic nitrogens is 1. The topological polar surface area (TPSA) is 158 Å². The van der Waals surface area contributed by atoms with Crippen molar-refractivity contribution in [3.8, 4) is 0 Å². The minimum absolute atomic E-state index is 0.138. The second-order valence-electron chi connectivity index (χ2n) is 5.84. The molecule has 1 saturated heterocycles. The monoisotopic (exact) mass is 446 g/mol. The summed E-state index contributed by atoms with van der Waals surface area (Å²) in [4.78, 5) is 54.5. The lowest BCUT2D eigenvalue weighted by Crippen LogP contribution is -2.19. The molecular weight excluding hydrogens is 432 g/mol. The van der Waals surface area contributed by atoms with Crippen molar-refractivity contribution in [3.05, 3.63) is 45.8 Å². The number of aliphatic carboxylic acids is 1. The highest BCUT2D eigenvalue weighted by atomic mass is 32.2. The Morgan fingerprint density at radius 1 is 1.17 bits per heavy atom. The predicted molar refractivity (Wildman–Crippen MR) is 112 cm³/mol. The molecule has 0 saturated carbocycles. The number of carboxylic acids is 2. The zero-order valence-electron chi connectivity index (χ0n) is 15.1. The molecule has 30 heavy (non-hydrogen) atoms. The van der Waals surface area contributed by atoms with Crippen LogP contribution in [0.3, 0.4) is 0 Å². The van der Waals surface area contributed by atoms with Crippen LogP contribution in [0.4, 0.5) is 10.8 Å². The molecule has 0 atom stereocenters. The second-order valence-corrected chi connectivity index (χ2v) is 7.94. The number of carboxylic acid groups (broad SMARTS) is 2. The van der Waals surface area contributed by atoms with E-state index in [4.69, 9.17) is 10.2 Å². The van der Waals surface area contributed by atoms with E-state index in [1.807, 2.05) is 0 Å². The number of aliphatic imine (C=N–C) groups is 1. The average molecular weight is 446 g/mol. The van der Waals surface area contributed by atoms with Gasteiger partial charge in [-0.25, -0.2) is 14.8 Å². The molecule has 10 nitrogen and oxygen atoms in total. The van der Waals surface area contributed by atoms with E-state index in [1.54, 1.807) is 6.08 Å². The molecule has 1 aromatic carbocycles. The lowest BCUT2D eigenvalue weighted by Gasteiger charge is -1.98. The number of aromatic carboxylic acids is 1. The minimum atomic E-state index is -1.06. The van der Waals surface area contributed by atoms with Crippen molar-refractivity contribution in [2.24, 2.45) is 4.99 Å². The molecule has 1 aliphatic rings. The van der Waals surface area contributed by atoms with E-state index in [1.165, 1.54) is 30.5 Å². The van der Waals surface area contributed by atoms with Crippen LogP contribution < -0.4 is 10.6 Å². The Morgan fingerprint density at radius 3 is 2.57 bits per heavy atom. The van der Waals surface area contributed by atoms with Gasteiger partial charge in [-0.2, -0.15) is 0 Å². The fraction of sp³-hybridized carbons (Fsp3) is 0.111. The fourth-order valence-electron chi connectivity index (χ4n) is 2.22. The third-order valence-electron chi connectivity index (χ3n) is 3.60. The molecule has 1 aromatic heterocycles. The predicted octanol–water partition coefficient (Wildman–Crippen LogP) is 2.54. The first-order valence-corrected chi connectivity index (χ1v) is 10.0. The Kier molecular flexibility index (Phi) is 6.59. The molecule has 2 amide bonds. The summed E-state index contributed by atoms with van der Waals surface area (Å²) in [5.74, 6) is -2.90. The number of anilines is 1. The number of amidine groups is 1. The van der Waals surface area contributed by atoms with E-state index in [0.717, 1.165) is 23.1 Å². The summed E-state index contributed by atoms with van der Waals surface area (Å²) in [6, 6.07) is 5.91. The zero-order valence-corrected chi connectivity index (χ0v) is 16.7. The van der Waals surface area contributed by atoms with Gasteiger partial charge in [-0.1, -0.05) is 11.3 Å². The van der Waals surface area contributed by atoms with Crippen molar-refractivity contribution >= 4 is 68.9 Å².